The van der Waals surface area contributed by atoms with Gasteiger partial charge in [0.05, 0.1) is 12.2 Å². The van der Waals surface area contributed by atoms with Crippen molar-refractivity contribution in [2.75, 3.05) is 24.5 Å². The number of hydrogen-bond acceptors (Lipinski definition) is 7. The normalized spacial score (nSPS) is 11.7. The number of ether oxygens (including phenoxy) is 1. The highest BCUT2D eigenvalue weighted by Gasteiger charge is 2.22. The summed E-state index contributed by atoms with van der Waals surface area (Å²) in [6.45, 7) is 13.6. The number of anilines is 1. The van der Waals surface area contributed by atoms with Crippen LogP contribution in [-0.2, 0) is 11.3 Å². The maximum atomic E-state index is 13.5. The molecular formula is C25H35N5O4. The van der Waals surface area contributed by atoms with Crippen molar-refractivity contribution in [3.05, 3.63) is 51.9 Å². The topological polar surface area (TPSA) is 102 Å². The number of hydrogen-bond donors (Lipinski definition) is 1. The van der Waals surface area contributed by atoms with Crippen LogP contribution >= 0.6 is 0 Å². The number of nitrogens with zero attached hydrogens (tertiary/aromatic N) is 4. The lowest BCUT2D eigenvalue weighted by atomic mass is 10.2. The second kappa shape index (κ2) is 10.7. The van der Waals surface area contributed by atoms with Gasteiger partial charge in [0.2, 0.25) is 5.95 Å². The van der Waals surface area contributed by atoms with Crippen LogP contribution in [0.5, 0.6) is 0 Å². The maximum absolute atomic E-state index is 13.5. The van der Waals surface area contributed by atoms with E-state index in [1.165, 1.54) is 0 Å². The Labute approximate surface area is 200 Å². The van der Waals surface area contributed by atoms with E-state index in [9.17, 15) is 9.59 Å². The molecule has 1 amide bonds. The summed E-state index contributed by atoms with van der Waals surface area (Å²) in [7, 11) is 0. The number of amides is 1. The average Bonchev–Trinajstić information content (AvgIpc) is 3.12. The molecule has 0 saturated carbocycles. The summed E-state index contributed by atoms with van der Waals surface area (Å²) >= 11 is 0. The fourth-order valence-electron chi connectivity index (χ4n) is 3.70. The Morgan fingerprint density at radius 1 is 1.24 bits per heavy atom. The van der Waals surface area contributed by atoms with Crippen LogP contribution in [0.3, 0.4) is 0 Å². The van der Waals surface area contributed by atoms with Crippen molar-refractivity contribution in [2.45, 2.75) is 60.1 Å². The van der Waals surface area contributed by atoms with Crippen molar-refractivity contribution in [3.63, 3.8) is 0 Å². The minimum atomic E-state index is -0.546. The van der Waals surface area contributed by atoms with Crippen LogP contribution in [0.25, 0.3) is 11.1 Å². The maximum Gasteiger partial charge on any atom is 0.407 e. The van der Waals surface area contributed by atoms with Crippen LogP contribution in [0.2, 0.25) is 0 Å². The highest BCUT2D eigenvalue weighted by Crippen LogP contribution is 2.20. The molecule has 0 spiro atoms. The molecule has 0 aliphatic heterocycles. The first-order valence-electron chi connectivity index (χ1n) is 11.7. The van der Waals surface area contributed by atoms with Gasteiger partial charge in [-0.2, -0.15) is 4.98 Å². The smallest absolute Gasteiger partial charge is 0.407 e. The van der Waals surface area contributed by atoms with E-state index in [0.29, 0.717) is 55.5 Å². The summed E-state index contributed by atoms with van der Waals surface area (Å²) < 4.78 is 12.4. The molecule has 2 aromatic heterocycles. The van der Waals surface area contributed by atoms with Crippen LogP contribution in [0.4, 0.5) is 10.7 Å². The Morgan fingerprint density at radius 2 is 1.94 bits per heavy atom. The molecule has 0 radical (unpaired) electrons. The number of alkyl carbamates (subject to hydrolysis) is 1. The van der Waals surface area contributed by atoms with Crippen LogP contribution in [0, 0.1) is 12.8 Å². The Morgan fingerprint density at radius 3 is 2.59 bits per heavy atom. The molecule has 34 heavy (non-hydrogen) atoms. The molecule has 1 aromatic carbocycles. The molecule has 3 rings (SSSR count). The van der Waals surface area contributed by atoms with E-state index < -0.39 is 11.7 Å². The molecule has 3 aromatic rings. The molecule has 0 atom stereocenters. The van der Waals surface area contributed by atoms with Crippen molar-refractivity contribution < 1.29 is 14.1 Å². The molecule has 9 nitrogen and oxygen atoms in total. The van der Waals surface area contributed by atoms with E-state index in [-0.39, 0.29) is 11.3 Å². The zero-order chi connectivity index (χ0) is 24.9. The molecule has 184 valence electrons. The van der Waals surface area contributed by atoms with Crippen molar-refractivity contribution >= 4 is 23.1 Å². The molecule has 0 aliphatic rings. The van der Waals surface area contributed by atoms with Gasteiger partial charge in [0, 0.05) is 19.6 Å². The van der Waals surface area contributed by atoms with Gasteiger partial charge < -0.3 is 19.5 Å². The standard InChI is InChI=1S/C25H35N5O4/c1-17(2)15-29(14-10-13-26-24(32)33-25(4,5)6)23-27-21-20(18(3)28-34-21)22(31)30(23)16-19-11-8-7-9-12-19/h7-9,11-12,17H,10,13-16H2,1-6H3,(H,26,32). The predicted octanol–water partition coefficient (Wildman–Crippen LogP) is 4.12. The number of aromatic nitrogens is 3. The van der Waals surface area contributed by atoms with Crippen LogP contribution < -0.4 is 15.8 Å². The van der Waals surface area contributed by atoms with Gasteiger partial charge in [-0.1, -0.05) is 49.3 Å². The number of benzene rings is 1. The Hall–Kier alpha value is -3.36. The highest BCUT2D eigenvalue weighted by atomic mass is 16.6. The molecule has 2 heterocycles. The van der Waals surface area contributed by atoms with Gasteiger partial charge >= 0.3 is 6.09 Å². The van der Waals surface area contributed by atoms with E-state index in [1.807, 2.05) is 51.1 Å². The van der Waals surface area contributed by atoms with Crippen molar-refractivity contribution in [1.29, 1.82) is 0 Å². The first kappa shape index (κ1) is 25.3. The third kappa shape index (κ3) is 6.59. The van der Waals surface area contributed by atoms with E-state index in [0.717, 1.165) is 5.56 Å². The quantitative estimate of drug-likeness (QED) is 0.470. The zero-order valence-corrected chi connectivity index (χ0v) is 20.9. The minimum absolute atomic E-state index is 0.178. The second-order valence-electron chi connectivity index (χ2n) is 9.86. The number of aryl methyl sites for hydroxylation is 1. The lowest BCUT2D eigenvalue weighted by molar-refractivity contribution is 0.0527. The number of nitrogens with one attached hydrogen (secondary N) is 1. The van der Waals surface area contributed by atoms with Gasteiger partial charge in [-0.3, -0.25) is 9.36 Å². The van der Waals surface area contributed by atoms with Gasteiger partial charge in [-0.25, -0.2) is 4.79 Å². The zero-order valence-electron chi connectivity index (χ0n) is 20.9. The van der Waals surface area contributed by atoms with E-state index in [2.05, 4.69) is 29.2 Å². The average molecular weight is 470 g/mol. The van der Waals surface area contributed by atoms with Gasteiger partial charge in [0.25, 0.3) is 11.3 Å². The third-order valence-electron chi connectivity index (χ3n) is 5.07. The summed E-state index contributed by atoms with van der Waals surface area (Å²) in [5.41, 5.74) is 1.04. The number of carbonyl (C=O) groups excluding carboxylic acids is 1. The SMILES string of the molecule is Cc1noc2nc(N(CCCNC(=O)OC(C)(C)C)CC(C)C)n(Cc3ccccc3)c(=O)c12. The fourth-order valence-corrected chi connectivity index (χ4v) is 3.70. The fraction of sp³-hybridized carbons (Fsp3) is 0.520. The summed E-state index contributed by atoms with van der Waals surface area (Å²) in [6, 6.07) is 9.81. The van der Waals surface area contributed by atoms with Crippen LogP contribution in [0.15, 0.2) is 39.6 Å². The van der Waals surface area contributed by atoms with Gasteiger partial charge in [0.15, 0.2) is 0 Å². The van der Waals surface area contributed by atoms with E-state index in [1.54, 1.807) is 11.5 Å². The predicted molar refractivity (Wildman–Crippen MR) is 132 cm³/mol. The molecular weight excluding hydrogens is 434 g/mol. The summed E-state index contributed by atoms with van der Waals surface area (Å²) in [4.78, 5) is 32.3. The molecule has 9 heteroatoms. The lowest BCUT2D eigenvalue weighted by Gasteiger charge is -2.28. The highest BCUT2D eigenvalue weighted by molar-refractivity contribution is 5.75. The summed E-state index contributed by atoms with van der Waals surface area (Å²) in [6.07, 6.45) is 0.210. The molecule has 0 bridgehead atoms. The molecule has 0 unspecified atom stereocenters. The van der Waals surface area contributed by atoms with Crippen LogP contribution in [-0.4, -0.2) is 46.0 Å². The van der Waals surface area contributed by atoms with Crippen molar-refractivity contribution in [3.8, 4) is 0 Å². The van der Waals surface area contributed by atoms with Gasteiger partial charge in [-0.05, 0) is 45.6 Å². The number of rotatable bonds is 9. The monoisotopic (exact) mass is 469 g/mol. The largest absolute Gasteiger partial charge is 0.444 e. The van der Waals surface area contributed by atoms with E-state index >= 15 is 0 Å². The molecule has 1 N–H and O–H groups in total. The van der Waals surface area contributed by atoms with E-state index in [4.69, 9.17) is 14.2 Å². The molecule has 0 fully saturated rings. The van der Waals surface area contributed by atoms with Crippen molar-refractivity contribution in [2.24, 2.45) is 5.92 Å². The first-order valence-corrected chi connectivity index (χ1v) is 11.7. The van der Waals surface area contributed by atoms with Crippen LogP contribution in [0.1, 0.15) is 52.3 Å². The summed E-state index contributed by atoms with van der Waals surface area (Å²) in [5, 5.41) is 7.15. The minimum Gasteiger partial charge on any atom is -0.444 e. The second-order valence-corrected chi connectivity index (χ2v) is 9.86. The molecule has 0 saturated heterocycles. The first-order chi connectivity index (χ1) is 16.0. The Bertz CT molecular complexity index is 1160. The number of fused-ring (bicyclic) bond motifs is 1. The van der Waals surface area contributed by atoms with Gasteiger partial charge in [-0.15, -0.1) is 0 Å². The van der Waals surface area contributed by atoms with Crippen molar-refractivity contribution in [1.82, 2.24) is 20.0 Å². The number of carbonyl (C=O) groups is 1. The lowest BCUT2D eigenvalue weighted by Crippen LogP contribution is -2.38. The third-order valence-corrected chi connectivity index (χ3v) is 5.07. The summed E-state index contributed by atoms with van der Waals surface area (Å²) in [5.74, 6) is 0.858. The Balaban J connectivity index is 1.89. The molecule has 0 aliphatic carbocycles. The van der Waals surface area contributed by atoms with Gasteiger partial charge in [0.1, 0.15) is 11.0 Å². The Kier molecular flexibility index (Phi) is 7.96.